The van der Waals surface area contributed by atoms with Crippen LogP contribution in [0.3, 0.4) is 0 Å². The number of halogens is 1. The van der Waals surface area contributed by atoms with E-state index in [1.54, 1.807) is 0 Å². The van der Waals surface area contributed by atoms with Crippen molar-refractivity contribution in [2.45, 2.75) is 44.2 Å². The molecule has 14 heteroatoms. The summed E-state index contributed by atoms with van der Waals surface area (Å²) >= 11 is 0. The van der Waals surface area contributed by atoms with Gasteiger partial charge in [0.25, 0.3) is 5.91 Å². The molecule has 3 aliphatic carbocycles. The van der Waals surface area contributed by atoms with Gasteiger partial charge in [-0.25, -0.2) is 4.39 Å². The van der Waals surface area contributed by atoms with Crippen molar-refractivity contribution in [2.24, 2.45) is 17.6 Å². The van der Waals surface area contributed by atoms with E-state index in [9.17, 15) is 44.4 Å². The number of likely N-dealkylation sites (tertiary alicyclic amines) is 1. The lowest BCUT2D eigenvalue weighted by molar-refractivity contribution is -0.151. The number of nitrogens with zero attached hydrogens (tertiary/aromatic N) is 1. The largest absolute Gasteiger partial charge is 0.508 e. The zero-order chi connectivity index (χ0) is 30.0. The van der Waals surface area contributed by atoms with Crippen LogP contribution in [0.15, 0.2) is 23.0 Å². The minimum Gasteiger partial charge on any atom is -0.508 e. The third kappa shape index (κ3) is 4.34. The van der Waals surface area contributed by atoms with Gasteiger partial charge in [0.1, 0.15) is 22.9 Å². The highest BCUT2D eigenvalue weighted by atomic mass is 19.1. The first-order valence-electron chi connectivity index (χ1n) is 13.1. The molecule has 1 saturated heterocycles. The SMILES string of the molecule is CC(=O)N[C@@H]1C(=O)C(C(N)=O)=C(O)[C@@]2(O)C(=O)C3=C(O)c4c(O)c(NC(=O)CN5CCCC5)cc(F)c4C[C@H]3C[C@@H]12. The number of aliphatic hydroxyl groups is 3. The van der Waals surface area contributed by atoms with Crippen LogP contribution in [0, 0.1) is 17.7 Å². The van der Waals surface area contributed by atoms with Crippen molar-refractivity contribution in [3.05, 3.63) is 39.9 Å². The number of aromatic hydroxyl groups is 1. The fraction of sp³-hybridized carbons (Fsp3) is 0.444. The lowest BCUT2D eigenvalue weighted by Crippen LogP contribution is -2.66. The number of carbonyl (C=O) groups is 5. The van der Waals surface area contributed by atoms with Gasteiger partial charge < -0.3 is 36.8 Å². The van der Waals surface area contributed by atoms with Gasteiger partial charge in [0, 0.05) is 30.0 Å². The number of nitrogens with two attached hydrogens (primary N) is 1. The number of phenolic OH excluding ortho intramolecular Hbond substituents is 1. The van der Waals surface area contributed by atoms with Crippen molar-refractivity contribution >= 4 is 40.7 Å². The van der Waals surface area contributed by atoms with E-state index in [0.717, 1.165) is 25.8 Å². The molecule has 218 valence electrons. The molecule has 1 saturated carbocycles. The zero-order valence-electron chi connectivity index (χ0n) is 22.0. The summed E-state index contributed by atoms with van der Waals surface area (Å²) in [5.41, 5.74) is -0.285. The van der Waals surface area contributed by atoms with Gasteiger partial charge in [-0.05, 0) is 44.7 Å². The van der Waals surface area contributed by atoms with Crippen molar-refractivity contribution in [3.63, 3.8) is 0 Å². The molecule has 41 heavy (non-hydrogen) atoms. The second-order valence-corrected chi connectivity index (χ2v) is 10.9. The number of fused-ring (bicyclic) bond motifs is 3. The van der Waals surface area contributed by atoms with E-state index in [-0.39, 0.29) is 30.6 Å². The predicted molar refractivity (Wildman–Crippen MR) is 139 cm³/mol. The van der Waals surface area contributed by atoms with E-state index in [2.05, 4.69) is 10.6 Å². The average Bonchev–Trinajstić information content (AvgIpc) is 3.39. The Morgan fingerprint density at radius 3 is 2.44 bits per heavy atom. The van der Waals surface area contributed by atoms with Crippen LogP contribution in [0.4, 0.5) is 10.1 Å². The minimum absolute atomic E-state index is 0.00217. The number of hydrogen-bond donors (Lipinski definition) is 7. The Labute approximate surface area is 232 Å². The molecule has 13 nitrogen and oxygen atoms in total. The molecule has 0 unspecified atom stereocenters. The summed E-state index contributed by atoms with van der Waals surface area (Å²) in [6, 6.07) is -0.746. The third-order valence-corrected chi connectivity index (χ3v) is 8.34. The standard InChI is InChI=1S/C27H29FN4O9/c1-10(33)30-20-13-7-11-6-12-14(28)8-15(31-16(34)9-32-4-2-3-5-32)21(35)18(12)22(36)17(11)24(38)27(13,41)25(39)19(23(20)37)26(29)40/h8,11,13,20,35-36,39,41H,2-7,9H2,1H3,(H2,29,40)(H,30,33)(H,31,34)/t11-,13-,20-,27-/m0/s1. The fourth-order valence-electron chi connectivity index (χ4n) is 6.51. The first-order chi connectivity index (χ1) is 19.3. The fourth-order valence-corrected chi connectivity index (χ4v) is 6.51. The second-order valence-electron chi connectivity index (χ2n) is 10.9. The maximum Gasteiger partial charge on any atom is 0.255 e. The average molecular weight is 573 g/mol. The summed E-state index contributed by atoms with van der Waals surface area (Å²) < 4.78 is 15.4. The monoisotopic (exact) mass is 572 g/mol. The number of ketones is 2. The van der Waals surface area contributed by atoms with Crippen molar-refractivity contribution in [2.75, 3.05) is 25.0 Å². The molecular weight excluding hydrogens is 543 g/mol. The quantitative estimate of drug-likeness (QED) is 0.181. The van der Waals surface area contributed by atoms with Gasteiger partial charge in [-0.3, -0.25) is 28.9 Å². The maximum absolute atomic E-state index is 15.4. The molecule has 0 spiro atoms. The minimum atomic E-state index is -2.96. The molecule has 0 aromatic heterocycles. The van der Waals surface area contributed by atoms with Crippen molar-refractivity contribution in [1.29, 1.82) is 0 Å². The number of carbonyl (C=O) groups excluding carboxylic acids is 5. The van der Waals surface area contributed by atoms with Gasteiger partial charge in [0.2, 0.25) is 17.6 Å². The van der Waals surface area contributed by atoms with E-state index in [1.807, 2.05) is 4.90 Å². The smallest absolute Gasteiger partial charge is 0.255 e. The molecule has 8 N–H and O–H groups in total. The Kier molecular flexibility index (Phi) is 6.86. The lowest BCUT2D eigenvalue weighted by atomic mass is 9.57. The lowest BCUT2D eigenvalue weighted by Gasteiger charge is -2.48. The summed E-state index contributed by atoms with van der Waals surface area (Å²) in [5.74, 6) is -11.5. The number of aliphatic hydroxyl groups excluding tert-OH is 2. The van der Waals surface area contributed by atoms with Crippen LogP contribution in [0.25, 0.3) is 5.76 Å². The van der Waals surface area contributed by atoms with Crippen LogP contribution in [-0.2, 0) is 30.4 Å². The summed E-state index contributed by atoms with van der Waals surface area (Å²) in [7, 11) is 0. The topological polar surface area (TPSA) is 220 Å². The molecule has 4 atom stereocenters. The molecule has 5 rings (SSSR count). The molecule has 0 bridgehead atoms. The Balaban J connectivity index is 1.59. The van der Waals surface area contributed by atoms with E-state index in [1.165, 1.54) is 0 Å². The van der Waals surface area contributed by atoms with E-state index in [4.69, 9.17) is 5.73 Å². The molecule has 1 heterocycles. The molecule has 3 amide bonds. The number of rotatable bonds is 5. The summed E-state index contributed by atoms with van der Waals surface area (Å²) in [6.07, 6.45) is 1.27. The van der Waals surface area contributed by atoms with Crippen LogP contribution in [0.2, 0.25) is 0 Å². The third-order valence-electron chi connectivity index (χ3n) is 8.34. The first-order valence-corrected chi connectivity index (χ1v) is 13.1. The number of benzene rings is 1. The Bertz CT molecular complexity index is 1480. The highest BCUT2D eigenvalue weighted by molar-refractivity contribution is 6.25. The Hall–Kier alpha value is -4.30. The van der Waals surface area contributed by atoms with Crippen LogP contribution < -0.4 is 16.4 Å². The summed E-state index contributed by atoms with van der Waals surface area (Å²) in [5, 5.41) is 49.3. The molecule has 4 aliphatic rings. The van der Waals surface area contributed by atoms with E-state index in [0.29, 0.717) is 13.1 Å². The number of primary amides is 1. The number of Topliss-reactive ketones (excluding diaryl/α,β-unsaturated/α-hetero) is 2. The molecule has 1 aromatic rings. The molecular formula is C27H29FN4O9. The van der Waals surface area contributed by atoms with Gasteiger partial charge >= 0.3 is 0 Å². The highest BCUT2D eigenvalue weighted by Gasteiger charge is 2.64. The number of hydrogen-bond acceptors (Lipinski definition) is 10. The van der Waals surface area contributed by atoms with Crippen molar-refractivity contribution < 1.29 is 48.8 Å². The molecule has 0 radical (unpaired) electrons. The van der Waals surface area contributed by atoms with E-state index >= 15 is 4.39 Å². The van der Waals surface area contributed by atoms with Crippen molar-refractivity contribution in [3.8, 4) is 5.75 Å². The molecule has 2 fully saturated rings. The first kappa shape index (κ1) is 28.2. The van der Waals surface area contributed by atoms with E-state index < -0.39 is 92.6 Å². The van der Waals surface area contributed by atoms with Gasteiger partial charge in [-0.1, -0.05) is 0 Å². The molecule has 1 aliphatic heterocycles. The van der Waals surface area contributed by atoms with Gasteiger partial charge in [-0.2, -0.15) is 0 Å². The van der Waals surface area contributed by atoms with Crippen LogP contribution in [-0.4, -0.2) is 85.9 Å². The second kappa shape index (κ2) is 9.96. The number of nitrogens with one attached hydrogen (secondary N) is 2. The number of amides is 3. The summed E-state index contributed by atoms with van der Waals surface area (Å²) in [4.78, 5) is 65.2. The van der Waals surface area contributed by atoms with Gasteiger partial charge in [0.05, 0.1) is 23.8 Å². The van der Waals surface area contributed by atoms with Crippen molar-refractivity contribution in [1.82, 2.24) is 10.2 Å². The Morgan fingerprint density at radius 2 is 1.83 bits per heavy atom. The van der Waals surface area contributed by atoms with Crippen LogP contribution in [0.1, 0.15) is 37.3 Å². The highest BCUT2D eigenvalue weighted by Crippen LogP contribution is 2.53. The predicted octanol–water partition coefficient (Wildman–Crippen LogP) is -0.288. The van der Waals surface area contributed by atoms with Crippen LogP contribution >= 0.6 is 0 Å². The van der Waals surface area contributed by atoms with Crippen LogP contribution in [0.5, 0.6) is 5.75 Å². The summed E-state index contributed by atoms with van der Waals surface area (Å²) in [6.45, 7) is 2.49. The number of phenols is 1. The normalized spacial score (nSPS) is 27.7. The van der Waals surface area contributed by atoms with Gasteiger partial charge in [0.15, 0.2) is 17.1 Å². The number of anilines is 1. The molecule has 1 aromatic carbocycles. The zero-order valence-corrected chi connectivity index (χ0v) is 22.0. The maximum atomic E-state index is 15.4. The Morgan fingerprint density at radius 1 is 1.17 bits per heavy atom. The van der Waals surface area contributed by atoms with Gasteiger partial charge in [-0.15, -0.1) is 0 Å².